The Morgan fingerprint density at radius 2 is 1.59 bits per heavy atom. The lowest BCUT2D eigenvalue weighted by Crippen LogP contribution is -2.50. The van der Waals surface area contributed by atoms with E-state index < -0.39 is 6.10 Å². The van der Waals surface area contributed by atoms with E-state index in [9.17, 15) is 9.90 Å². The highest BCUT2D eigenvalue weighted by atomic mass is 16.5. The van der Waals surface area contributed by atoms with Crippen LogP contribution in [0.1, 0.15) is 37.8 Å². The lowest BCUT2D eigenvalue weighted by atomic mass is 9.87. The van der Waals surface area contributed by atoms with Crippen molar-refractivity contribution in [3.8, 4) is 11.5 Å². The highest BCUT2D eigenvalue weighted by Gasteiger charge is 2.32. The molecular formula is C27H37N3O4. The van der Waals surface area contributed by atoms with Gasteiger partial charge in [-0.15, -0.1) is 0 Å². The molecule has 1 atom stereocenters. The van der Waals surface area contributed by atoms with Gasteiger partial charge in [-0.2, -0.15) is 0 Å². The molecule has 7 heteroatoms. The van der Waals surface area contributed by atoms with Crippen molar-refractivity contribution in [2.45, 2.75) is 38.4 Å². The summed E-state index contributed by atoms with van der Waals surface area (Å²) in [7, 11) is 0. The highest BCUT2D eigenvalue weighted by molar-refractivity contribution is 5.89. The Balaban J connectivity index is 1.24. The summed E-state index contributed by atoms with van der Waals surface area (Å²) in [6, 6.07) is 15.5. The Kier molecular flexibility index (Phi) is 7.88. The predicted octanol–water partition coefficient (Wildman–Crippen LogP) is 2.83. The van der Waals surface area contributed by atoms with E-state index in [1.54, 1.807) is 0 Å². The second-order valence-corrected chi connectivity index (χ2v) is 10.1. The molecule has 1 saturated heterocycles. The van der Waals surface area contributed by atoms with Gasteiger partial charge in [-0.1, -0.05) is 36.4 Å². The Morgan fingerprint density at radius 3 is 2.18 bits per heavy atom. The minimum atomic E-state index is -0.477. The third kappa shape index (κ3) is 6.36. The van der Waals surface area contributed by atoms with Gasteiger partial charge in [0.15, 0.2) is 0 Å². The van der Waals surface area contributed by atoms with Crippen molar-refractivity contribution >= 4 is 5.91 Å². The predicted molar refractivity (Wildman–Crippen MR) is 132 cm³/mol. The molecule has 2 heterocycles. The summed E-state index contributed by atoms with van der Waals surface area (Å²) in [5.41, 5.74) is 1.57. The van der Waals surface area contributed by atoms with Crippen molar-refractivity contribution in [1.82, 2.24) is 15.1 Å². The maximum absolute atomic E-state index is 13.2. The number of aliphatic hydroxyl groups excluding tert-OH is 1. The molecule has 2 aromatic carbocycles. The van der Waals surface area contributed by atoms with Gasteiger partial charge < -0.3 is 19.9 Å². The van der Waals surface area contributed by atoms with Crippen molar-refractivity contribution < 1.29 is 19.4 Å². The van der Waals surface area contributed by atoms with E-state index >= 15 is 0 Å². The van der Waals surface area contributed by atoms with Gasteiger partial charge >= 0.3 is 0 Å². The lowest BCUT2D eigenvalue weighted by molar-refractivity contribution is -0.121. The van der Waals surface area contributed by atoms with Gasteiger partial charge in [-0.25, -0.2) is 0 Å². The number of hydrogen-bond donors (Lipinski definition) is 2. The number of nitrogens with zero attached hydrogens (tertiary/aromatic N) is 2. The number of benzene rings is 2. The fourth-order valence-corrected chi connectivity index (χ4v) is 4.52. The molecule has 0 aliphatic carbocycles. The molecule has 2 aliphatic rings. The number of piperazine rings is 1. The Bertz CT molecular complexity index is 921. The smallest absolute Gasteiger partial charge is 0.232 e. The van der Waals surface area contributed by atoms with E-state index in [4.69, 9.17) is 9.47 Å². The topological polar surface area (TPSA) is 74.3 Å². The molecule has 2 aromatic rings. The summed E-state index contributed by atoms with van der Waals surface area (Å²) in [6.07, 6.45) is -0.477. The van der Waals surface area contributed by atoms with Crippen molar-refractivity contribution in [2.24, 2.45) is 0 Å². The van der Waals surface area contributed by atoms with Gasteiger partial charge in [-0.3, -0.25) is 14.6 Å². The quantitative estimate of drug-likeness (QED) is 0.622. The first-order valence-corrected chi connectivity index (χ1v) is 12.2. The first-order chi connectivity index (χ1) is 16.3. The largest absolute Gasteiger partial charge is 0.457 e. The third-order valence-electron chi connectivity index (χ3n) is 6.31. The van der Waals surface area contributed by atoms with Gasteiger partial charge in [0, 0.05) is 56.9 Å². The zero-order valence-corrected chi connectivity index (χ0v) is 20.5. The zero-order chi connectivity index (χ0) is 24.1. The Hall–Kier alpha value is -2.45. The van der Waals surface area contributed by atoms with Crippen LogP contribution in [0.2, 0.25) is 0 Å². The van der Waals surface area contributed by atoms with E-state index in [2.05, 4.69) is 15.1 Å². The first kappa shape index (κ1) is 24.7. The van der Waals surface area contributed by atoms with E-state index in [1.165, 1.54) is 0 Å². The molecule has 0 bridgehead atoms. The number of fused-ring (bicyclic) bond motifs is 2. The van der Waals surface area contributed by atoms with E-state index in [1.807, 2.05) is 69.3 Å². The molecule has 0 unspecified atom stereocenters. The van der Waals surface area contributed by atoms with Crippen LogP contribution in [0, 0.1) is 0 Å². The molecule has 1 amide bonds. The standard InChI is InChI=1S/C27H37N3O4/c1-27(2,3)33-19-20(31)18-30-16-14-29(15-17-30)13-12-28-26(32)25-21-8-4-6-10-23(21)34-24-11-7-5-9-22(24)25/h4-11,20,25,31H,12-19H2,1-3H3,(H,28,32)/t20-/m1/s1. The number of hydrogen-bond acceptors (Lipinski definition) is 6. The lowest BCUT2D eigenvalue weighted by Gasteiger charge is -2.36. The van der Waals surface area contributed by atoms with Gasteiger partial charge in [0.2, 0.25) is 5.91 Å². The molecule has 0 radical (unpaired) electrons. The van der Waals surface area contributed by atoms with Gasteiger partial charge in [0.1, 0.15) is 11.5 Å². The maximum Gasteiger partial charge on any atom is 0.232 e. The van der Waals surface area contributed by atoms with Gasteiger partial charge in [0.05, 0.1) is 24.2 Å². The number of rotatable bonds is 8. The van der Waals surface area contributed by atoms with Crippen LogP contribution >= 0.6 is 0 Å². The molecule has 2 aliphatic heterocycles. The van der Waals surface area contributed by atoms with Gasteiger partial charge in [-0.05, 0) is 32.9 Å². The Labute approximate surface area is 202 Å². The molecule has 34 heavy (non-hydrogen) atoms. The van der Waals surface area contributed by atoms with Crippen LogP contribution in [0.4, 0.5) is 0 Å². The number of carbonyl (C=O) groups is 1. The second-order valence-electron chi connectivity index (χ2n) is 10.1. The highest BCUT2D eigenvalue weighted by Crippen LogP contribution is 2.43. The normalized spacial score (nSPS) is 18.0. The van der Waals surface area contributed by atoms with Gasteiger partial charge in [0.25, 0.3) is 0 Å². The van der Waals surface area contributed by atoms with E-state index in [-0.39, 0.29) is 17.4 Å². The summed E-state index contributed by atoms with van der Waals surface area (Å²) in [6.45, 7) is 12.0. The summed E-state index contributed by atoms with van der Waals surface area (Å²) in [5.74, 6) is 1.12. The SMILES string of the molecule is CC(C)(C)OC[C@H](O)CN1CCN(CCNC(=O)C2c3ccccc3Oc3ccccc32)CC1. The number of amides is 1. The minimum absolute atomic E-state index is 0.00352. The summed E-state index contributed by atoms with van der Waals surface area (Å²) < 4.78 is 11.7. The summed E-state index contributed by atoms with van der Waals surface area (Å²) in [5, 5.41) is 13.4. The molecule has 0 aromatic heterocycles. The molecule has 4 rings (SSSR count). The van der Waals surface area contributed by atoms with Crippen molar-refractivity contribution in [3.63, 3.8) is 0 Å². The van der Waals surface area contributed by atoms with Crippen LogP contribution in [0.3, 0.4) is 0 Å². The number of β-amino-alcohol motifs (C(OH)–C–C–N with tert-alkyl or cyclic N) is 1. The molecule has 184 valence electrons. The molecule has 1 fully saturated rings. The number of para-hydroxylation sites is 2. The minimum Gasteiger partial charge on any atom is -0.457 e. The molecule has 0 spiro atoms. The zero-order valence-electron chi connectivity index (χ0n) is 20.5. The fourth-order valence-electron chi connectivity index (χ4n) is 4.52. The molecule has 2 N–H and O–H groups in total. The van der Waals surface area contributed by atoms with Crippen LogP contribution in [0.25, 0.3) is 0 Å². The van der Waals surface area contributed by atoms with Crippen LogP contribution in [0.15, 0.2) is 48.5 Å². The second kappa shape index (κ2) is 10.9. The first-order valence-electron chi connectivity index (χ1n) is 12.2. The Morgan fingerprint density at radius 1 is 1.03 bits per heavy atom. The van der Waals surface area contributed by atoms with Crippen LogP contribution in [-0.4, -0.2) is 84.9 Å². The molecule has 7 nitrogen and oxygen atoms in total. The number of ether oxygens (including phenoxy) is 2. The number of nitrogens with one attached hydrogen (secondary N) is 1. The van der Waals surface area contributed by atoms with Crippen LogP contribution in [0.5, 0.6) is 11.5 Å². The number of aliphatic hydroxyl groups is 1. The van der Waals surface area contributed by atoms with Crippen molar-refractivity contribution in [1.29, 1.82) is 0 Å². The third-order valence-corrected chi connectivity index (χ3v) is 6.31. The van der Waals surface area contributed by atoms with E-state index in [0.717, 1.165) is 55.3 Å². The summed E-state index contributed by atoms with van der Waals surface area (Å²) >= 11 is 0. The summed E-state index contributed by atoms with van der Waals surface area (Å²) in [4.78, 5) is 17.9. The molecular weight excluding hydrogens is 430 g/mol. The van der Waals surface area contributed by atoms with Crippen molar-refractivity contribution in [2.75, 3.05) is 52.4 Å². The monoisotopic (exact) mass is 467 g/mol. The van der Waals surface area contributed by atoms with E-state index in [0.29, 0.717) is 19.7 Å². The fraction of sp³-hybridized carbons (Fsp3) is 0.519. The van der Waals surface area contributed by atoms with Crippen LogP contribution in [-0.2, 0) is 9.53 Å². The average molecular weight is 468 g/mol. The van der Waals surface area contributed by atoms with Crippen LogP contribution < -0.4 is 10.1 Å². The number of carbonyl (C=O) groups excluding carboxylic acids is 1. The molecule has 0 saturated carbocycles. The maximum atomic E-state index is 13.2. The van der Waals surface area contributed by atoms with Crippen molar-refractivity contribution in [3.05, 3.63) is 59.7 Å². The average Bonchev–Trinajstić information content (AvgIpc) is 2.82.